The van der Waals surface area contributed by atoms with E-state index in [0.29, 0.717) is 35.2 Å². The Labute approximate surface area is 163 Å². The number of nitriles is 1. The molecule has 1 fully saturated rings. The van der Waals surface area contributed by atoms with Crippen molar-refractivity contribution in [2.45, 2.75) is 25.8 Å². The summed E-state index contributed by atoms with van der Waals surface area (Å²) in [5.74, 6) is 1.72. The topological polar surface area (TPSA) is 87.7 Å². The van der Waals surface area contributed by atoms with Crippen molar-refractivity contribution in [3.63, 3.8) is 0 Å². The number of benzene rings is 1. The third-order valence-electron chi connectivity index (χ3n) is 4.93. The van der Waals surface area contributed by atoms with Crippen LogP contribution in [0.3, 0.4) is 0 Å². The lowest BCUT2D eigenvalue weighted by molar-refractivity contribution is 0.0670. The molecule has 3 aromatic rings. The molecule has 1 atom stereocenters. The summed E-state index contributed by atoms with van der Waals surface area (Å²) >= 11 is 0. The fraction of sp³-hybridized carbons (Fsp3) is 0.286. The van der Waals surface area contributed by atoms with Crippen LogP contribution in [0.4, 0.5) is 0 Å². The van der Waals surface area contributed by atoms with Crippen LogP contribution in [-0.2, 0) is 0 Å². The standard InChI is InChI=1S/C21H20N6O/c1-15(20-24-14-25-27(20)19-7-2-3-10-23-19)26(13-16-8-9-16)21(28)18-6-4-5-17(11-18)12-22/h2-7,10-11,14-16H,8-9,13H2,1H3. The molecule has 1 saturated carbocycles. The molecule has 0 bridgehead atoms. The number of rotatable bonds is 6. The van der Waals surface area contributed by atoms with E-state index in [2.05, 4.69) is 21.1 Å². The van der Waals surface area contributed by atoms with Crippen LogP contribution in [0, 0.1) is 17.2 Å². The van der Waals surface area contributed by atoms with Crippen LogP contribution in [0.1, 0.15) is 47.6 Å². The maximum atomic E-state index is 13.3. The highest BCUT2D eigenvalue weighted by molar-refractivity contribution is 5.94. The van der Waals surface area contributed by atoms with Gasteiger partial charge in [-0.2, -0.15) is 15.0 Å². The van der Waals surface area contributed by atoms with Crippen LogP contribution < -0.4 is 0 Å². The highest BCUT2D eigenvalue weighted by Crippen LogP contribution is 2.33. The van der Waals surface area contributed by atoms with Gasteiger partial charge in [-0.15, -0.1) is 0 Å². The van der Waals surface area contributed by atoms with Crippen molar-refractivity contribution in [2.24, 2.45) is 5.92 Å². The van der Waals surface area contributed by atoms with E-state index in [4.69, 9.17) is 5.26 Å². The first-order valence-electron chi connectivity index (χ1n) is 9.30. The summed E-state index contributed by atoms with van der Waals surface area (Å²) in [6.07, 6.45) is 5.44. The van der Waals surface area contributed by atoms with Gasteiger partial charge < -0.3 is 4.90 Å². The quantitative estimate of drug-likeness (QED) is 0.663. The lowest BCUT2D eigenvalue weighted by Gasteiger charge is -2.29. The molecule has 1 unspecified atom stereocenters. The van der Waals surface area contributed by atoms with Crippen molar-refractivity contribution in [2.75, 3.05) is 6.54 Å². The van der Waals surface area contributed by atoms with Crippen LogP contribution in [0.15, 0.2) is 55.0 Å². The van der Waals surface area contributed by atoms with E-state index in [9.17, 15) is 4.79 Å². The summed E-state index contributed by atoms with van der Waals surface area (Å²) in [5.41, 5.74) is 0.983. The van der Waals surface area contributed by atoms with Crippen molar-refractivity contribution < 1.29 is 4.79 Å². The van der Waals surface area contributed by atoms with Gasteiger partial charge in [0.05, 0.1) is 17.7 Å². The van der Waals surface area contributed by atoms with Gasteiger partial charge in [0, 0.05) is 18.3 Å². The van der Waals surface area contributed by atoms with Crippen molar-refractivity contribution in [3.05, 3.63) is 71.9 Å². The van der Waals surface area contributed by atoms with Gasteiger partial charge in [-0.1, -0.05) is 12.1 Å². The smallest absolute Gasteiger partial charge is 0.254 e. The first kappa shape index (κ1) is 17.9. The van der Waals surface area contributed by atoms with Gasteiger partial charge in [0.25, 0.3) is 5.91 Å². The summed E-state index contributed by atoms with van der Waals surface area (Å²) in [5, 5.41) is 13.5. The number of hydrogen-bond acceptors (Lipinski definition) is 5. The van der Waals surface area contributed by atoms with Crippen molar-refractivity contribution in [3.8, 4) is 11.9 Å². The van der Waals surface area contributed by atoms with E-state index in [0.717, 1.165) is 12.8 Å². The molecule has 0 saturated heterocycles. The van der Waals surface area contributed by atoms with Crippen LogP contribution in [0.5, 0.6) is 0 Å². The predicted molar refractivity (Wildman–Crippen MR) is 102 cm³/mol. The van der Waals surface area contributed by atoms with Gasteiger partial charge in [-0.3, -0.25) is 4.79 Å². The highest BCUT2D eigenvalue weighted by Gasteiger charge is 2.32. The van der Waals surface area contributed by atoms with E-state index >= 15 is 0 Å². The Balaban J connectivity index is 1.67. The molecule has 1 aromatic carbocycles. The van der Waals surface area contributed by atoms with E-state index in [1.54, 1.807) is 35.1 Å². The molecule has 1 amide bonds. The average molecular weight is 372 g/mol. The Morgan fingerprint density at radius 1 is 1.29 bits per heavy atom. The molecule has 0 aliphatic heterocycles. The van der Waals surface area contributed by atoms with Gasteiger partial charge in [0.2, 0.25) is 0 Å². The summed E-state index contributed by atoms with van der Waals surface area (Å²) < 4.78 is 1.67. The zero-order valence-corrected chi connectivity index (χ0v) is 15.6. The Bertz CT molecular complexity index is 1020. The first-order valence-corrected chi connectivity index (χ1v) is 9.30. The number of carbonyl (C=O) groups excluding carboxylic acids is 1. The lowest BCUT2D eigenvalue weighted by Crippen LogP contribution is -2.36. The second-order valence-corrected chi connectivity index (χ2v) is 6.99. The molecule has 7 heteroatoms. The minimum absolute atomic E-state index is 0.105. The molecule has 0 spiro atoms. The molecule has 140 valence electrons. The van der Waals surface area contributed by atoms with Crippen LogP contribution >= 0.6 is 0 Å². The average Bonchev–Trinajstić information content (AvgIpc) is 3.44. The maximum absolute atomic E-state index is 13.3. The zero-order valence-electron chi connectivity index (χ0n) is 15.6. The summed E-state index contributed by atoms with van der Waals surface area (Å²) in [4.78, 5) is 23.9. The van der Waals surface area contributed by atoms with Crippen LogP contribution in [-0.4, -0.2) is 37.1 Å². The third-order valence-corrected chi connectivity index (χ3v) is 4.93. The number of pyridine rings is 1. The Morgan fingerprint density at radius 3 is 2.86 bits per heavy atom. The summed E-state index contributed by atoms with van der Waals surface area (Å²) in [6.45, 7) is 2.61. The SMILES string of the molecule is CC(c1ncnn1-c1ccccn1)N(CC1CC1)C(=O)c1cccc(C#N)c1. The fourth-order valence-corrected chi connectivity index (χ4v) is 3.21. The maximum Gasteiger partial charge on any atom is 0.254 e. The van der Waals surface area contributed by atoms with Crippen molar-refractivity contribution in [1.29, 1.82) is 5.26 Å². The molecular weight excluding hydrogens is 352 g/mol. The zero-order chi connectivity index (χ0) is 19.5. The second kappa shape index (κ2) is 7.61. The molecule has 2 heterocycles. The van der Waals surface area contributed by atoms with E-state index in [1.807, 2.05) is 30.0 Å². The van der Waals surface area contributed by atoms with Crippen molar-refractivity contribution in [1.82, 2.24) is 24.6 Å². The lowest BCUT2D eigenvalue weighted by atomic mass is 10.1. The fourth-order valence-electron chi connectivity index (χ4n) is 3.21. The molecule has 2 aromatic heterocycles. The van der Waals surface area contributed by atoms with Gasteiger partial charge >= 0.3 is 0 Å². The Kier molecular flexibility index (Phi) is 4.85. The molecule has 7 nitrogen and oxygen atoms in total. The van der Waals surface area contributed by atoms with Crippen molar-refractivity contribution >= 4 is 5.91 Å². The summed E-state index contributed by atoms with van der Waals surface area (Å²) in [7, 11) is 0. The van der Waals surface area contributed by atoms with E-state index in [1.165, 1.54) is 6.33 Å². The number of hydrogen-bond donors (Lipinski definition) is 0. The molecule has 0 radical (unpaired) electrons. The number of nitrogens with zero attached hydrogens (tertiary/aromatic N) is 6. The predicted octanol–water partition coefficient (Wildman–Crippen LogP) is 3.15. The number of amides is 1. The Hall–Kier alpha value is -3.53. The molecule has 0 N–H and O–H groups in total. The van der Waals surface area contributed by atoms with Gasteiger partial charge in [-0.05, 0) is 56.0 Å². The summed E-state index contributed by atoms with van der Waals surface area (Å²) in [6, 6.07) is 14.2. The third kappa shape index (κ3) is 3.62. The van der Waals surface area contributed by atoms with Gasteiger partial charge in [0.1, 0.15) is 6.33 Å². The largest absolute Gasteiger partial charge is 0.328 e. The Morgan fingerprint density at radius 2 is 2.14 bits per heavy atom. The second-order valence-electron chi connectivity index (χ2n) is 6.99. The van der Waals surface area contributed by atoms with E-state index < -0.39 is 0 Å². The van der Waals surface area contributed by atoms with Gasteiger partial charge in [-0.25, -0.2) is 9.97 Å². The minimum atomic E-state index is -0.289. The number of aromatic nitrogens is 4. The number of carbonyl (C=O) groups is 1. The molecule has 4 rings (SSSR count). The molecule has 1 aliphatic carbocycles. The normalized spacial score (nSPS) is 14.3. The first-order chi connectivity index (χ1) is 13.7. The molecule has 1 aliphatic rings. The van der Waals surface area contributed by atoms with E-state index in [-0.39, 0.29) is 11.9 Å². The van der Waals surface area contributed by atoms with Gasteiger partial charge in [0.15, 0.2) is 11.6 Å². The molecule has 28 heavy (non-hydrogen) atoms. The molecular formula is C21H20N6O. The minimum Gasteiger partial charge on any atom is -0.328 e. The van der Waals surface area contributed by atoms with Crippen LogP contribution in [0.2, 0.25) is 0 Å². The monoisotopic (exact) mass is 372 g/mol. The highest BCUT2D eigenvalue weighted by atomic mass is 16.2. The van der Waals surface area contributed by atoms with Crippen LogP contribution in [0.25, 0.3) is 5.82 Å².